The van der Waals surface area contributed by atoms with E-state index in [1.807, 2.05) is 37.4 Å². The predicted molar refractivity (Wildman–Crippen MR) is 94.2 cm³/mol. The zero-order valence-corrected chi connectivity index (χ0v) is 14.2. The predicted octanol–water partition coefficient (Wildman–Crippen LogP) is 5.19. The Kier molecular flexibility index (Phi) is 5.87. The molecule has 0 amide bonds. The van der Waals surface area contributed by atoms with Gasteiger partial charge in [-0.15, -0.1) is 0 Å². The molecule has 2 atom stereocenters. The number of hydrogen-bond donors (Lipinski definition) is 0. The van der Waals surface area contributed by atoms with E-state index in [9.17, 15) is 4.79 Å². The van der Waals surface area contributed by atoms with E-state index >= 15 is 0 Å². The molecule has 2 nitrogen and oxygen atoms in total. The lowest BCUT2D eigenvalue weighted by atomic mass is 9.89. The summed E-state index contributed by atoms with van der Waals surface area (Å²) < 4.78 is 0. The Hall–Kier alpha value is -1.51. The van der Waals surface area contributed by atoms with E-state index in [1.54, 1.807) is 6.07 Å². The molecular formula is C18H19Cl2NO. The molecule has 4 heteroatoms. The molecule has 22 heavy (non-hydrogen) atoms. The van der Waals surface area contributed by atoms with Gasteiger partial charge in [-0.2, -0.15) is 0 Å². The maximum Gasteiger partial charge on any atom is 0.120 e. The Bertz CT molecular complexity index is 630. The Morgan fingerprint density at radius 1 is 1.09 bits per heavy atom. The number of benzene rings is 2. The van der Waals surface area contributed by atoms with Crippen LogP contribution in [0.5, 0.6) is 0 Å². The largest absolute Gasteiger partial charge is 0.371 e. The van der Waals surface area contributed by atoms with Gasteiger partial charge in [0.25, 0.3) is 0 Å². The lowest BCUT2D eigenvalue weighted by molar-refractivity contribution is -0.108. The van der Waals surface area contributed by atoms with E-state index in [-0.39, 0.29) is 12.0 Å². The minimum atomic E-state index is 0.0532. The summed E-state index contributed by atoms with van der Waals surface area (Å²) in [7, 11) is 2.04. The van der Waals surface area contributed by atoms with Crippen LogP contribution in [0.3, 0.4) is 0 Å². The normalized spacial score (nSPS) is 13.5. The molecule has 0 aliphatic carbocycles. The minimum Gasteiger partial charge on any atom is -0.371 e. The highest BCUT2D eigenvalue weighted by atomic mass is 35.5. The van der Waals surface area contributed by atoms with Crippen molar-refractivity contribution in [1.82, 2.24) is 0 Å². The van der Waals surface area contributed by atoms with Crippen LogP contribution in [0.25, 0.3) is 0 Å². The van der Waals surface area contributed by atoms with Crippen molar-refractivity contribution >= 4 is 35.2 Å². The van der Waals surface area contributed by atoms with Crippen LogP contribution < -0.4 is 4.90 Å². The van der Waals surface area contributed by atoms with Gasteiger partial charge in [-0.05, 0) is 36.8 Å². The number of anilines is 1. The molecule has 0 bridgehead atoms. The van der Waals surface area contributed by atoms with E-state index in [1.165, 1.54) is 0 Å². The van der Waals surface area contributed by atoms with Crippen molar-refractivity contribution in [2.45, 2.75) is 25.3 Å². The smallest absolute Gasteiger partial charge is 0.120 e. The van der Waals surface area contributed by atoms with Gasteiger partial charge in [-0.3, -0.25) is 0 Å². The molecule has 0 spiro atoms. The lowest BCUT2D eigenvalue weighted by Crippen LogP contribution is -2.34. The van der Waals surface area contributed by atoms with E-state index in [2.05, 4.69) is 24.0 Å². The van der Waals surface area contributed by atoms with E-state index < -0.39 is 0 Å². The number of likely N-dealkylation sites (N-methyl/N-ethyl adjacent to an activating group) is 1. The van der Waals surface area contributed by atoms with E-state index in [0.717, 1.165) is 17.5 Å². The highest BCUT2D eigenvalue weighted by Gasteiger charge is 2.23. The second-order valence-corrected chi connectivity index (χ2v) is 6.18. The number of carbonyl (C=O) groups is 1. The first-order valence-electron chi connectivity index (χ1n) is 7.21. The average molecular weight is 336 g/mol. The topological polar surface area (TPSA) is 20.3 Å². The van der Waals surface area contributed by atoms with Crippen LogP contribution in [0, 0.1) is 0 Å². The monoisotopic (exact) mass is 335 g/mol. The fourth-order valence-corrected chi connectivity index (χ4v) is 2.93. The lowest BCUT2D eigenvalue weighted by Gasteiger charge is -2.33. The zero-order chi connectivity index (χ0) is 16.1. The number of rotatable bonds is 6. The number of hydrogen-bond acceptors (Lipinski definition) is 2. The van der Waals surface area contributed by atoms with Gasteiger partial charge in [-0.25, -0.2) is 0 Å². The minimum absolute atomic E-state index is 0.0532. The van der Waals surface area contributed by atoms with E-state index in [4.69, 9.17) is 23.2 Å². The third-order valence-electron chi connectivity index (χ3n) is 4.08. The molecule has 2 rings (SSSR count). The van der Waals surface area contributed by atoms with Gasteiger partial charge in [0.2, 0.25) is 0 Å². The Balaban J connectivity index is 2.30. The number of halogens is 2. The number of para-hydroxylation sites is 1. The summed E-state index contributed by atoms with van der Waals surface area (Å²) in [6.45, 7) is 2.11. The van der Waals surface area contributed by atoms with Crippen LogP contribution in [0.1, 0.15) is 24.8 Å². The Morgan fingerprint density at radius 2 is 1.77 bits per heavy atom. The first kappa shape index (κ1) is 16.9. The molecule has 0 radical (unpaired) electrons. The molecule has 0 aliphatic heterocycles. The Labute approximate surface area is 141 Å². The molecule has 0 saturated heterocycles. The quantitative estimate of drug-likeness (QED) is 0.677. The van der Waals surface area contributed by atoms with Gasteiger partial charge >= 0.3 is 0 Å². The van der Waals surface area contributed by atoms with Gasteiger partial charge in [0, 0.05) is 31.1 Å². The van der Waals surface area contributed by atoms with Crippen LogP contribution >= 0.6 is 23.2 Å². The molecule has 116 valence electrons. The van der Waals surface area contributed by atoms with Gasteiger partial charge in [-0.1, -0.05) is 47.5 Å². The van der Waals surface area contributed by atoms with Crippen molar-refractivity contribution in [3.05, 3.63) is 64.1 Å². The number of aldehydes is 1. The molecule has 0 aromatic heterocycles. The van der Waals surface area contributed by atoms with Crippen LogP contribution in [0.4, 0.5) is 5.69 Å². The third-order valence-corrected chi connectivity index (χ3v) is 4.82. The summed E-state index contributed by atoms with van der Waals surface area (Å²) in [6, 6.07) is 15.8. The Morgan fingerprint density at radius 3 is 2.36 bits per heavy atom. The summed E-state index contributed by atoms with van der Waals surface area (Å²) in [6.07, 6.45) is 1.40. The molecule has 1 unspecified atom stereocenters. The van der Waals surface area contributed by atoms with Gasteiger partial charge in [0.05, 0.1) is 10.0 Å². The molecule has 0 aliphatic rings. The molecular weight excluding hydrogens is 317 g/mol. The fourth-order valence-electron chi connectivity index (χ4n) is 2.63. The maximum atomic E-state index is 11.1. The van der Waals surface area contributed by atoms with Crippen LogP contribution in [-0.4, -0.2) is 19.4 Å². The summed E-state index contributed by atoms with van der Waals surface area (Å²) in [5, 5.41) is 1.05. The number of carbonyl (C=O) groups excluding carboxylic acids is 1. The van der Waals surface area contributed by atoms with Crippen molar-refractivity contribution in [3.8, 4) is 0 Å². The summed E-state index contributed by atoms with van der Waals surface area (Å²) in [5.74, 6) is 0.0532. The maximum absolute atomic E-state index is 11.1. The van der Waals surface area contributed by atoms with Crippen LogP contribution in [0.2, 0.25) is 10.0 Å². The van der Waals surface area contributed by atoms with Gasteiger partial charge in [0.15, 0.2) is 0 Å². The third kappa shape index (κ3) is 3.82. The van der Waals surface area contributed by atoms with Crippen molar-refractivity contribution in [1.29, 1.82) is 0 Å². The second kappa shape index (κ2) is 7.66. The zero-order valence-electron chi connectivity index (χ0n) is 12.7. The fraction of sp³-hybridized carbons (Fsp3) is 0.278. The molecule has 0 saturated carbocycles. The van der Waals surface area contributed by atoms with Crippen LogP contribution in [0.15, 0.2) is 48.5 Å². The van der Waals surface area contributed by atoms with Crippen molar-refractivity contribution in [2.75, 3.05) is 11.9 Å². The second-order valence-electron chi connectivity index (χ2n) is 5.37. The van der Waals surface area contributed by atoms with Crippen LogP contribution in [-0.2, 0) is 4.79 Å². The highest BCUT2D eigenvalue weighted by Crippen LogP contribution is 2.32. The van der Waals surface area contributed by atoms with Crippen molar-refractivity contribution < 1.29 is 4.79 Å². The number of nitrogens with zero attached hydrogens (tertiary/aromatic N) is 1. The first-order chi connectivity index (χ1) is 10.5. The van der Waals surface area contributed by atoms with Gasteiger partial charge in [0.1, 0.15) is 6.29 Å². The summed E-state index contributed by atoms with van der Waals surface area (Å²) in [5.41, 5.74) is 2.14. The molecule has 0 fully saturated rings. The average Bonchev–Trinajstić information content (AvgIpc) is 2.55. The first-order valence-corrected chi connectivity index (χ1v) is 7.96. The molecule has 2 aromatic rings. The summed E-state index contributed by atoms with van der Waals surface area (Å²) in [4.78, 5) is 13.3. The molecule has 0 N–H and O–H groups in total. The van der Waals surface area contributed by atoms with Crippen molar-refractivity contribution in [3.63, 3.8) is 0 Å². The molecule has 2 aromatic carbocycles. The van der Waals surface area contributed by atoms with Gasteiger partial charge < -0.3 is 9.69 Å². The SMILES string of the molecule is CC([C@@H](CC=O)c1ccc(Cl)c(Cl)c1)N(C)c1ccccc1. The summed E-state index contributed by atoms with van der Waals surface area (Å²) >= 11 is 12.1. The standard InChI is InChI=1S/C18H19Cl2NO/c1-13(21(2)15-6-4-3-5-7-15)16(10-11-22)14-8-9-17(19)18(20)12-14/h3-9,11-13,16H,10H2,1-2H3/t13?,16-/m1/s1. The van der Waals surface area contributed by atoms with Crippen molar-refractivity contribution in [2.24, 2.45) is 0 Å². The van der Waals surface area contributed by atoms with E-state index in [0.29, 0.717) is 16.5 Å². The highest BCUT2D eigenvalue weighted by molar-refractivity contribution is 6.42. The molecule has 0 heterocycles.